The lowest BCUT2D eigenvalue weighted by atomic mass is 9.86. The summed E-state index contributed by atoms with van der Waals surface area (Å²) in [6, 6.07) is -0.641. The molecule has 3 amide bonds. The molecule has 1 rings (SSSR count). The van der Waals surface area contributed by atoms with Gasteiger partial charge in [-0.05, 0) is 26.7 Å². The second-order valence-electron chi connectivity index (χ2n) is 5.64. The summed E-state index contributed by atoms with van der Waals surface area (Å²) in [5.41, 5.74) is 4.24. The van der Waals surface area contributed by atoms with E-state index in [9.17, 15) is 19.5 Å². The molecule has 0 heterocycles. The van der Waals surface area contributed by atoms with Crippen molar-refractivity contribution in [3.8, 4) is 0 Å². The van der Waals surface area contributed by atoms with Gasteiger partial charge in [-0.2, -0.15) is 0 Å². The number of aliphatic carboxylic acids is 1. The van der Waals surface area contributed by atoms with Crippen LogP contribution in [0.5, 0.6) is 0 Å². The van der Waals surface area contributed by atoms with Crippen molar-refractivity contribution in [3.63, 3.8) is 0 Å². The lowest BCUT2D eigenvalue weighted by Gasteiger charge is -2.29. The van der Waals surface area contributed by atoms with E-state index < -0.39 is 23.3 Å². The van der Waals surface area contributed by atoms with Crippen LogP contribution in [0.4, 0.5) is 4.79 Å². The van der Waals surface area contributed by atoms with E-state index in [1.165, 1.54) is 4.90 Å². The van der Waals surface area contributed by atoms with E-state index in [0.717, 1.165) is 12.8 Å². The van der Waals surface area contributed by atoms with Gasteiger partial charge in [0.1, 0.15) is 6.54 Å². The maximum atomic E-state index is 12.1. The van der Waals surface area contributed by atoms with Gasteiger partial charge in [0.2, 0.25) is 5.91 Å². The summed E-state index contributed by atoms with van der Waals surface area (Å²) in [5, 5.41) is 12.0. The van der Waals surface area contributed by atoms with Crippen LogP contribution in [0.2, 0.25) is 0 Å². The fourth-order valence-corrected chi connectivity index (χ4v) is 2.52. The van der Waals surface area contributed by atoms with Gasteiger partial charge >= 0.3 is 12.0 Å². The average Bonchev–Trinajstić information content (AvgIpc) is 2.82. The predicted octanol–water partition coefficient (Wildman–Crippen LogP) is 0.537. The number of carboxylic acid groups (broad SMARTS) is 1. The lowest BCUT2D eigenvalue weighted by molar-refractivity contribution is -0.148. The topological polar surface area (TPSA) is 113 Å². The molecular weight excluding hydrogens is 262 g/mol. The summed E-state index contributed by atoms with van der Waals surface area (Å²) in [6.45, 7) is 3.45. The Balaban J connectivity index is 2.64. The van der Waals surface area contributed by atoms with Crippen molar-refractivity contribution in [1.29, 1.82) is 0 Å². The molecule has 0 unspecified atom stereocenters. The van der Waals surface area contributed by atoms with Gasteiger partial charge in [-0.1, -0.05) is 12.8 Å². The number of hydrogen-bond acceptors (Lipinski definition) is 3. The lowest BCUT2D eigenvalue weighted by Crippen LogP contribution is -2.51. The van der Waals surface area contributed by atoms with Crippen LogP contribution < -0.4 is 11.1 Å². The maximum Gasteiger partial charge on any atom is 0.318 e. The molecule has 0 aliphatic heterocycles. The van der Waals surface area contributed by atoms with Crippen LogP contribution in [0.1, 0.15) is 39.5 Å². The van der Waals surface area contributed by atoms with Crippen molar-refractivity contribution in [2.45, 2.75) is 45.6 Å². The molecule has 7 heteroatoms. The summed E-state index contributed by atoms with van der Waals surface area (Å²) < 4.78 is 0. The first-order valence-corrected chi connectivity index (χ1v) is 6.85. The largest absolute Gasteiger partial charge is 0.481 e. The zero-order valence-electron chi connectivity index (χ0n) is 12.0. The third-order valence-corrected chi connectivity index (χ3v) is 3.80. The second-order valence-corrected chi connectivity index (χ2v) is 5.64. The van der Waals surface area contributed by atoms with Crippen LogP contribution in [-0.2, 0) is 9.59 Å². The van der Waals surface area contributed by atoms with Crippen LogP contribution in [-0.4, -0.2) is 47.0 Å². The molecule has 7 nitrogen and oxygen atoms in total. The smallest absolute Gasteiger partial charge is 0.318 e. The average molecular weight is 285 g/mol. The van der Waals surface area contributed by atoms with Crippen LogP contribution in [0.15, 0.2) is 0 Å². The van der Waals surface area contributed by atoms with E-state index in [-0.39, 0.29) is 19.1 Å². The van der Waals surface area contributed by atoms with Crippen LogP contribution in [0.3, 0.4) is 0 Å². The highest BCUT2D eigenvalue weighted by atomic mass is 16.4. The molecule has 1 aliphatic carbocycles. The number of carbonyl (C=O) groups excluding carboxylic acids is 2. The molecule has 114 valence electrons. The summed E-state index contributed by atoms with van der Waals surface area (Å²) in [4.78, 5) is 35.7. The van der Waals surface area contributed by atoms with Crippen molar-refractivity contribution in [2.24, 2.45) is 11.1 Å². The Labute approximate surface area is 118 Å². The standard InChI is InChI=1S/C13H23N3O4/c1-9(2)16(7-10(14)17)12(20)15-8-13(11(18)19)5-3-4-6-13/h9H,3-8H2,1-2H3,(H2,14,17)(H,15,20)(H,18,19). The fraction of sp³-hybridized carbons (Fsp3) is 0.769. The Morgan fingerprint density at radius 1 is 1.30 bits per heavy atom. The molecule has 0 aromatic carbocycles. The highest BCUT2D eigenvalue weighted by Crippen LogP contribution is 2.37. The molecule has 0 spiro atoms. The number of primary amides is 1. The van der Waals surface area contributed by atoms with Gasteiger partial charge in [-0.3, -0.25) is 9.59 Å². The van der Waals surface area contributed by atoms with Gasteiger partial charge in [-0.25, -0.2) is 4.79 Å². The van der Waals surface area contributed by atoms with Crippen molar-refractivity contribution in [3.05, 3.63) is 0 Å². The number of nitrogens with zero attached hydrogens (tertiary/aromatic N) is 1. The molecule has 20 heavy (non-hydrogen) atoms. The van der Waals surface area contributed by atoms with Gasteiger partial charge < -0.3 is 21.1 Å². The number of amides is 3. The van der Waals surface area contributed by atoms with E-state index in [1.807, 2.05) is 0 Å². The van der Waals surface area contributed by atoms with E-state index in [1.54, 1.807) is 13.8 Å². The van der Waals surface area contributed by atoms with Crippen LogP contribution in [0, 0.1) is 5.41 Å². The van der Waals surface area contributed by atoms with Crippen LogP contribution in [0.25, 0.3) is 0 Å². The molecule has 1 saturated carbocycles. The molecular formula is C13H23N3O4. The maximum absolute atomic E-state index is 12.1. The number of urea groups is 1. The van der Waals surface area contributed by atoms with Crippen molar-refractivity contribution in [1.82, 2.24) is 10.2 Å². The normalized spacial score (nSPS) is 16.9. The van der Waals surface area contributed by atoms with Gasteiger partial charge in [0.05, 0.1) is 5.41 Å². The van der Waals surface area contributed by atoms with Crippen molar-refractivity contribution >= 4 is 17.9 Å². The minimum atomic E-state index is -0.874. The molecule has 0 atom stereocenters. The predicted molar refractivity (Wildman–Crippen MR) is 73.0 cm³/mol. The number of carbonyl (C=O) groups is 3. The second kappa shape index (κ2) is 6.58. The SMILES string of the molecule is CC(C)N(CC(N)=O)C(=O)NCC1(C(=O)O)CCCC1. The number of nitrogens with one attached hydrogen (secondary N) is 1. The third kappa shape index (κ3) is 3.85. The Hall–Kier alpha value is -1.79. The highest BCUT2D eigenvalue weighted by molar-refractivity contribution is 5.83. The number of carboxylic acids is 1. The number of nitrogens with two attached hydrogens (primary N) is 1. The minimum Gasteiger partial charge on any atom is -0.481 e. The third-order valence-electron chi connectivity index (χ3n) is 3.80. The molecule has 0 radical (unpaired) electrons. The van der Waals surface area contributed by atoms with Crippen LogP contribution >= 0.6 is 0 Å². The molecule has 0 saturated heterocycles. The fourth-order valence-electron chi connectivity index (χ4n) is 2.52. The van der Waals surface area contributed by atoms with Gasteiger partial charge in [-0.15, -0.1) is 0 Å². The first kappa shape index (κ1) is 16.3. The molecule has 1 fully saturated rings. The summed E-state index contributed by atoms with van der Waals surface area (Å²) in [7, 11) is 0. The minimum absolute atomic E-state index is 0.0865. The van der Waals surface area contributed by atoms with Gasteiger partial charge in [0.25, 0.3) is 0 Å². The van der Waals surface area contributed by atoms with Crippen molar-refractivity contribution < 1.29 is 19.5 Å². The Bertz CT molecular complexity index is 389. The first-order chi connectivity index (χ1) is 9.28. The van der Waals surface area contributed by atoms with E-state index >= 15 is 0 Å². The Morgan fingerprint density at radius 3 is 2.25 bits per heavy atom. The zero-order chi connectivity index (χ0) is 15.3. The molecule has 1 aliphatic rings. The monoisotopic (exact) mass is 285 g/mol. The summed E-state index contributed by atoms with van der Waals surface area (Å²) in [5.74, 6) is -1.47. The summed E-state index contributed by atoms with van der Waals surface area (Å²) >= 11 is 0. The van der Waals surface area contributed by atoms with Crippen molar-refractivity contribution in [2.75, 3.05) is 13.1 Å². The number of rotatable bonds is 6. The Kier molecular flexibility index (Phi) is 5.35. The van der Waals surface area contributed by atoms with E-state index in [4.69, 9.17) is 5.73 Å². The Morgan fingerprint density at radius 2 is 1.85 bits per heavy atom. The molecule has 0 aromatic heterocycles. The van der Waals surface area contributed by atoms with E-state index in [2.05, 4.69) is 5.32 Å². The first-order valence-electron chi connectivity index (χ1n) is 6.85. The summed E-state index contributed by atoms with van der Waals surface area (Å²) in [6.07, 6.45) is 2.86. The number of hydrogen-bond donors (Lipinski definition) is 3. The molecule has 0 bridgehead atoms. The quantitative estimate of drug-likeness (QED) is 0.661. The highest BCUT2D eigenvalue weighted by Gasteiger charge is 2.41. The van der Waals surface area contributed by atoms with E-state index in [0.29, 0.717) is 12.8 Å². The zero-order valence-corrected chi connectivity index (χ0v) is 12.0. The molecule has 0 aromatic rings. The van der Waals surface area contributed by atoms with Gasteiger partial charge in [0.15, 0.2) is 0 Å². The van der Waals surface area contributed by atoms with Gasteiger partial charge in [0, 0.05) is 12.6 Å². The molecule has 4 N–H and O–H groups in total.